The molecule has 1 atom stereocenters. The third-order valence-electron chi connectivity index (χ3n) is 2.13. The molecule has 3 nitrogen and oxygen atoms in total. The van der Waals surface area contributed by atoms with Gasteiger partial charge in [-0.1, -0.05) is 13.8 Å². The molecule has 0 amide bonds. The molecule has 0 aliphatic carbocycles. The van der Waals surface area contributed by atoms with Gasteiger partial charge in [-0.05, 0) is 18.9 Å². The third kappa shape index (κ3) is 2.92. The lowest BCUT2D eigenvalue weighted by molar-refractivity contribution is 0.145. The lowest BCUT2D eigenvalue weighted by Gasteiger charge is -2.15. The first-order valence-electron chi connectivity index (χ1n) is 4.81. The number of halogens is 2. The highest BCUT2D eigenvalue weighted by Gasteiger charge is 2.17. The first kappa shape index (κ1) is 12.0. The number of alkyl halides is 2. The van der Waals surface area contributed by atoms with Crippen molar-refractivity contribution in [2.75, 3.05) is 0 Å². The van der Waals surface area contributed by atoms with Gasteiger partial charge in [0.1, 0.15) is 11.5 Å². The van der Waals surface area contributed by atoms with Gasteiger partial charge in [-0.25, -0.2) is 18.7 Å². The van der Waals surface area contributed by atoms with Crippen molar-refractivity contribution in [3.05, 3.63) is 23.3 Å². The van der Waals surface area contributed by atoms with Gasteiger partial charge >= 0.3 is 0 Å². The van der Waals surface area contributed by atoms with Crippen molar-refractivity contribution < 1.29 is 8.78 Å². The van der Waals surface area contributed by atoms with Crippen LogP contribution in [0.5, 0.6) is 0 Å². The number of nitrogens with two attached hydrogens (primary N) is 1. The largest absolute Gasteiger partial charge is 0.321 e. The predicted molar refractivity (Wildman–Crippen MR) is 53.5 cm³/mol. The zero-order chi connectivity index (χ0) is 11.6. The summed E-state index contributed by atoms with van der Waals surface area (Å²) in [6.07, 6.45) is -2.58. The molecule has 1 rings (SSSR count). The van der Waals surface area contributed by atoms with Crippen LogP contribution in [0.15, 0.2) is 6.07 Å². The highest BCUT2D eigenvalue weighted by molar-refractivity contribution is 5.13. The molecule has 2 N–H and O–H groups in total. The van der Waals surface area contributed by atoms with Crippen molar-refractivity contribution in [1.82, 2.24) is 9.97 Å². The molecule has 0 aromatic carbocycles. The third-order valence-corrected chi connectivity index (χ3v) is 2.13. The van der Waals surface area contributed by atoms with E-state index in [0.29, 0.717) is 11.5 Å². The van der Waals surface area contributed by atoms with E-state index in [-0.39, 0.29) is 11.6 Å². The molecular weight excluding hydrogens is 200 g/mol. The number of aryl methyl sites for hydroxylation is 1. The quantitative estimate of drug-likeness (QED) is 0.842. The smallest absolute Gasteiger partial charge is 0.280 e. The normalized spacial score (nSPS) is 13.6. The Bertz CT molecular complexity index is 339. The van der Waals surface area contributed by atoms with Crippen LogP contribution in [0.3, 0.4) is 0 Å². The van der Waals surface area contributed by atoms with Gasteiger partial charge in [0.15, 0.2) is 0 Å². The summed E-state index contributed by atoms with van der Waals surface area (Å²) in [6, 6.07) is 0.878. The van der Waals surface area contributed by atoms with Gasteiger partial charge in [-0.15, -0.1) is 0 Å². The van der Waals surface area contributed by atoms with Gasteiger partial charge < -0.3 is 5.73 Å². The molecule has 1 aromatic rings. The van der Waals surface area contributed by atoms with Crippen molar-refractivity contribution in [3.63, 3.8) is 0 Å². The SMILES string of the molecule is Cc1cc(C(F)F)nc(C(N)C(C)C)n1. The predicted octanol–water partition coefficient (Wildman–Crippen LogP) is 2.38. The van der Waals surface area contributed by atoms with Crippen molar-refractivity contribution >= 4 is 0 Å². The topological polar surface area (TPSA) is 51.8 Å². The first-order valence-corrected chi connectivity index (χ1v) is 4.81. The van der Waals surface area contributed by atoms with Gasteiger partial charge in [-0.2, -0.15) is 0 Å². The zero-order valence-corrected chi connectivity index (χ0v) is 9.04. The van der Waals surface area contributed by atoms with E-state index in [1.807, 2.05) is 13.8 Å². The summed E-state index contributed by atoms with van der Waals surface area (Å²) in [4.78, 5) is 7.84. The maximum Gasteiger partial charge on any atom is 0.280 e. The lowest BCUT2D eigenvalue weighted by atomic mass is 10.0. The number of hydrogen-bond acceptors (Lipinski definition) is 3. The highest BCUT2D eigenvalue weighted by atomic mass is 19.3. The van der Waals surface area contributed by atoms with E-state index in [2.05, 4.69) is 9.97 Å². The summed E-state index contributed by atoms with van der Waals surface area (Å²) in [5.41, 5.74) is 6.07. The fourth-order valence-corrected chi connectivity index (χ4v) is 1.18. The Hall–Kier alpha value is -1.10. The molecule has 0 spiro atoms. The van der Waals surface area contributed by atoms with Crippen LogP contribution in [-0.2, 0) is 0 Å². The zero-order valence-electron chi connectivity index (χ0n) is 9.04. The molecule has 0 fully saturated rings. The van der Waals surface area contributed by atoms with Crippen molar-refractivity contribution in [2.45, 2.75) is 33.2 Å². The van der Waals surface area contributed by atoms with Gasteiger partial charge in [-0.3, -0.25) is 0 Å². The van der Waals surface area contributed by atoms with Crippen LogP contribution in [-0.4, -0.2) is 9.97 Å². The minimum atomic E-state index is -2.58. The van der Waals surface area contributed by atoms with E-state index >= 15 is 0 Å². The summed E-state index contributed by atoms with van der Waals surface area (Å²) < 4.78 is 24.9. The summed E-state index contributed by atoms with van der Waals surface area (Å²) in [6.45, 7) is 5.46. The maximum atomic E-state index is 12.5. The molecule has 1 aromatic heterocycles. The van der Waals surface area contributed by atoms with Crippen molar-refractivity contribution in [2.24, 2.45) is 11.7 Å². The van der Waals surface area contributed by atoms with Crippen LogP contribution < -0.4 is 5.73 Å². The fourth-order valence-electron chi connectivity index (χ4n) is 1.18. The fraction of sp³-hybridized carbons (Fsp3) is 0.600. The Labute approximate surface area is 87.7 Å². The number of hydrogen-bond donors (Lipinski definition) is 1. The molecule has 84 valence electrons. The Kier molecular flexibility index (Phi) is 3.68. The molecule has 0 aliphatic heterocycles. The Morgan fingerprint density at radius 2 is 1.87 bits per heavy atom. The molecule has 0 saturated carbocycles. The second-order valence-electron chi connectivity index (χ2n) is 3.86. The van der Waals surface area contributed by atoms with E-state index in [1.54, 1.807) is 6.92 Å². The molecule has 1 heterocycles. The van der Waals surface area contributed by atoms with E-state index in [1.165, 1.54) is 6.07 Å². The Balaban J connectivity index is 3.09. The molecule has 5 heteroatoms. The van der Waals surface area contributed by atoms with Crippen molar-refractivity contribution in [1.29, 1.82) is 0 Å². The summed E-state index contributed by atoms with van der Waals surface area (Å²) in [5, 5.41) is 0. The maximum absolute atomic E-state index is 12.5. The molecule has 0 saturated heterocycles. The number of aromatic nitrogens is 2. The van der Waals surface area contributed by atoms with Crippen LogP contribution in [0.2, 0.25) is 0 Å². The van der Waals surface area contributed by atoms with Gasteiger partial charge in [0, 0.05) is 5.69 Å². The number of nitrogens with zero attached hydrogens (tertiary/aromatic N) is 2. The summed E-state index contributed by atoms with van der Waals surface area (Å²) >= 11 is 0. The minimum Gasteiger partial charge on any atom is -0.321 e. The van der Waals surface area contributed by atoms with Gasteiger partial charge in [0.25, 0.3) is 6.43 Å². The Morgan fingerprint density at radius 1 is 1.27 bits per heavy atom. The van der Waals surface area contributed by atoms with E-state index < -0.39 is 12.5 Å². The monoisotopic (exact) mass is 215 g/mol. The minimum absolute atomic E-state index is 0.123. The second-order valence-corrected chi connectivity index (χ2v) is 3.86. The molecule has 0 radical (unpaired) electrons. The lowest BCUT2D eigenvalue weighted by Crippen LogP contribution is -2.20. The van der Waals surface area contributed by atoms with E-state index in [4.69, 9.17) is 5.73 Å². The molecule has 0 bridgehead atoms. The average Bonchev–Trinajstić information content (AvgIpc) is 2.15. The Morgan fingerprint density at radius 3 is 2.33 bits per heavy atom. The van der Waals surface area contributed by atoms with E-state index in [9.17, 15) is 8.78 Å². The van der Waals surface area contributed by atoms with Crippen LogP contribution in [0.25, 0.3) is 0 Å². The van der Waals surface area contributed by atoms with E-state index in [0.717, 1.165) is 0 Å². The highest BCUT2D eigenvalue weighted by Crippen LogP contribution is 2.21. The molecule has 0 aliphatic rings. The molecule has 15 heavy (non-hydrogen) atoms. The van der Waals surface area contributed by atoms with Gasteiger partial charge in [0.05, 0.1) is 6.04 Å². The van der Waals surface area contributed by atoms with Crippen LogP contribution >= 0.6 is 0 Å². The first-order chi connectivity index (χ1) is 6.91. The summed E-state index contributed by atoms with van der Waals surface area (Å²) in [5.74, 6) is 0.414. The van der Waals surface area contributed by atoms with Gasteiger partial charge in [0.2, 0.25) is 0 Å². The molecule has 1 unspecified atom stereocenters. The van der Waals surface area contributed by atoms with Crippen LogP contribution in [0, 0.1) is 12.8 Å². The second kappa shape index (κ2) is 4.61. The standard InChI is InChI=1S/C10H15F2N3/c1-5(2)8(13)10-14-6(3)4-7(15-10)9(11)12/h4-5,8-9H,13H2,1-3H3. The number of rotatable bonds is 3. The van der Waals surface area contributed by atoms with Crippen molar-refractivity contribution in [3.8, 4) is 0 Å². The molecular formula is C10H15F2N3. The summed E-state index contributed by atoms with van der Waals surface area (Å²) in [7, 11) is 0. The van der Waals surface area contributed by atoms with Crippen LogP contribution in [0.4, 0.5) is 8.78 Å². The van der Waals surface area contributed by atoms with Crippen LogP contribution in [0.1, 0.15) is 43.5 Å². The average molecular weight is 215 g/mol.